The van der Waals surface area contributed by atoms with E-state index in [0.29, 0.717) is 19.8 Å². The molecule has 2 aromatic rings. The number of aromatic nitrogens is 1. The molecule has 23 heavy (non-hydrogen) atoms. The summed E-state index contributed by atoms with van der Waals surface area (Å²) in [5.41, 5.74) is 3.87. The summed E-state index contributed by atoms with van der Waals surface area (Å²) in [7, 11) is 3.37. The predicted molar refractivity (Wildman–Crippen MR) is 93.1 cm³/mol. The number of hydrogen-bond donors (Lipinski definition) is 1. The zero-order valence-corrected chi connectivity index (χ0v) is 14.4. The lowest BCUT2D eigenvalue weighted by Crippen LogP contribution is -2.33. The van der Waals surface area contributed by atoms with E-state index < -0.39 is 0 Å². The molecule has 1 aromatic carbocycles. The number of benzene rings is 1. The SMILES string of the molecule is COCCN(CCOC)Cc1c(C)[nH]c2c(C)cccc2c1=O. The van der Waals surface area contributed by atoms with Crippen molar-refractivity contribution in [3.63, 3.8) is 0 Å². The Kier molecular flexibility index (Phi) is 6.33. The second-order valence-corrected chi connectivity index (χ2v) is 5.82. The van der Waals surface area contributed by atoms with E-state index in [2.05, 4.69) is 9.88 Å². The van der Waals surface area contributed by atoms with Gasteiger partial charge in [-0.15, -0.1) is 0 Å². The molecule has 1 N–H and O–H groups in total. The molecule has 0 saturated heterocycles. The zero-order valence-electron chi connectivity index (χ0n) is 14.4. The normalized spacial score (nSPS) is 11.5. The number of pyridine rings is 1. The minimum atomic E-state index is 0.111. The van der Waals surface area contributed by atoms with Crippen molar-refractivity contribution in [3.05, 3.63) is 45.2 Å². The molecule has 1 aromatic heterocycles. The molecule has 5 nitrogen and oxygen atoms in total. The summed E-state index contributed by atoms with van der Waals surface area (Å²) in [6.45, 7) is 7.38. The molecule has 0 aliphatic heterocycles. The van der Waals surface area contributed by atoms with Gasteiger partial charge in [-0.25, -0.2) is 0 Å². The van der Waals surface area contributed by atoms with Crippen LogP contribution in [-0.2, 0) is 16.0 Å². The number of aryl methyl sites for hydroxylation is 2. The van der Waals surface area contributed by atoms with Crippen LogP contribution < -0.4 is 5.43 Å². The average Bonchev–Trinajstić information content (AvgIpc) is 2.54. The highest BCUT2D eigenvalue weighted by Crippen LogP contribution is 2.16. The lowest BCUT2D eigenvalue weighted by Gasteiger charge is -2.22. The van der Waals surface area contributed by atoms with Crippen LogP contribution in [-0.4, -0.2) is 50.4 Å². The topological polar surface area (TPSA) is 54.6 Å². The summed E-state index contributed by atoms with van der Waals surface area (Å²) in [6.07, 6.45) is 0. The molecule has 0 spiro atoms. The van der Waals surface area contributed by atoms with Gasteiger partial charge in [-0.3, -0.25) is 9.69 Å². The monoisotopic (exact) mass is 318 g/mol. The molecule has 0 saturated carbocycles. The van der Waals surface area contributed by atoms with E-state index in [1.165, 1.54) is 0 Å². The van der Waals surface area contributed by atoms with Gasteiger partial charge in [0.1, 0.15) is 0 Å². The first-order valence-electron chi connectivity index (χ1n) is 7.89. The number of fused-ring (bicyclic) bond motifs is 1. The van der Waals surface area contributed by atoms with E-state index in [4.69, 9.17) is 9.47 Å². The van der Waals surface area contributed by atoms with Gasteiger partial charge < -0.3 is 14.5 Å². The Labute approximate surface area is 137 Å². The van der Waals surface area contributed by atoms with Crippen LogP contribution in [0.3, 0.4) is 0 Å². The van der Waals surface area contributed by atoms with Crippen LogP contribution in [0.15, 0.2) is 23.0 Å². The molecule has 126 valence electrons. The molecule has 2 rings (SSSR count). The standard InChI is InChI=1S/C18H26N2O3/c1-13-6-5-7-15-17(13)19-14(2)16(18(15)21)12-20(8-10-22-3)9-11-23-4/h5-7H,8-12H2,1-4H3,(H,19,21). The average molecular weight is 318 g/mol. The lowest BCUT2D eigenvalue weighted by atomic mass is 10.1. The highest BCUT2D eigenvalue weighted by Gasteiger charge is 2.14. The maximum Gasteiger partial charge on any atom is 0.194 e. The van der Waals surface area contributed by atoms with Crippen molar-refractivity contribution in [1.29, 1.82) is 0 Å². The quantitative estimate of drug-likeness (QED) is 0.811. The van der Waals surface area contributed by atoms with Gasteiger partial charge in [0, 0.05) is 50.5 Å². The number of rotatable bonds is 8. The molecular weight excluding hydrogens is 292 g/mol. The first kappa shape index (κ1) is 17.7. The van der Waals surface area contributed by atoms with Crippen LogP contribution in [0.5, 0.6) is 0 Å². The van der Waals surface area contributed by atoms with Crippen molar-refractivity contribution >= 4 is 10.9 Å². The van der Waals surface area contributed by atoms with Crippen LogP contribution in [0.2, 0.25) is 0 Å². The van der Waals surface area contributed by atoms with Crippen LogP contribution >= 0.6 is 0 Å². The molecule has 0 aliphatic carbocycles. The van der Waals surface area contributed by atoms with Crippen molar-refractivity contribution in [2.24, 2.45) is 0 Å². The summed E-state index contributed by atoms with van der Waals surface area (Å²) in [5, 5.41) is 0.754. The number of aromatic amines is 1. The summed E-state index contributed by atoms with van der Waals surface area (Å²) in [4.78, 5) is 18.5. The summed E-state index contributed by atoms with van der Waals surface area (Å²) < 4.78 is 10.3. The minimum absolute atomic E-state index is 0.111. The summed E-state index contributed by atoms with van der Waals surface area (Å²) in [5.74, 6) is 0. The lowest BCUT2D eigenvalue weighted by molar-refractivity contribution is 0.110. The Balaban J connectivity index is 2.35. The van der Waals surface area contributed by atoms with Gasteiger partial charge in [0.15, 0.2) is 5.43 Å². The fourth-order valence-electron chi connectivity index (χ4n) is 2.74. The fourth-order valence-corrected chi connectivity index (χ4v) is 2.74. The van der Waals surface area contributed by atoms with E-state index >= 15 is 0 Å². The molecule has 0 unspecified atom stereocenters. The first-order valence-corrected chi connectivity index (χ1v) is 7.89. The number of H-pyrrole nitrogens is 1. The van der Waals surface area contributed by atoms with Gasteiger partial charge in [0.05, 0.1) is 18.7 Å². The first-order chi connectivity index (χ1) is 11.1. The number of hydrogen-bond acceptors (Lipinski definition) is 4. The van der Waals surface area contributed by atoms with Crippen LogP contribution in [0.4, 0.5) is 0 Å². The maximum absolute atomic E-state index is 12.9. The number of nitrogens with one attached hydrogen (secondary N) is 1. The summed E-state index contributed by atoms with van der Waals surface area (Å²) >= 11 is 0. The molecule has 0 radical (unpaired) electrons. The molecule has 5 heteroatoms. The second-order valence-electron chi connectivity index (χ2n) is 5.82. The van der Waals surface area contributed by atoms with Gasteiger partial charge >= 0.3 is 0 Å². The largest absolute Gasteiger partial charge is 0.383 e. The van der Waals surface area contributed by atoms with E-state index in [0.717, 1.165) is 40.8 Å². The Morgan fingerprint density at radius 2 is 1.74 bits per heavy atom. The third kappa shape index (κ3) is 4.19. The smallest absolute Gasteiger partial charge is 0.194 e. The van der Waals surface area contributed by atoms with Crippen molar-refractivity contribution in [2.45, 2.75) is 20.4 Å². The van der Waals surface area contributed by atoms with Crippen molar-refractivity contribution in [2.75, 3.05) is 40.5 Å². The molecule has 0 amide bonds. The minimum Gasteiger partial charge on any atom is -0.383 e. The maximum atomic E-state index is 12.9. The number of nitrogens with zero attached hydrogens (tertiary/aromatic N) is 1. The van der Waals surface area contributed by atoms with Crippen molar-refractivity contribution in [3.8, 4) is 0 Å². The molecule has 0 atom stereocenters. The van der Waals surface area contributed by atoms with Crippen LogP contribution in [0, 0.1) is 13.8 Å². The zero-order chi connectivity index (χ0) is 16.8. The molecule has 1 heterocycles. The Bertz CT molecular complexity index is 701. The fraction of sp³-hybridized carbons (Fsp3) is 0.500. The third-order valence-electron chi connectivity index (χ3n) is 4.16. The van der Waals surface area contributed by atoms with E-state index in [9.17, 15) is 4.79 Å². The highest BCUT2D eigenvalue weighted by atomic mass is 16.5. The molecule has 0 aliphatic rings. The van der Waals surface area contributed by atoms with E-state index in [1.807, 2.05) is 32.0 Å². The van der Waals surface area contributed by atoms with Crippen LogP contribution in [0.1, 0.15) is 16.8 Å². The number of ether oxygens (including phenoxy) is 2. The van der Waals surface area contributed by atoms with Crippen LogP contribution in [0.25, 0.3) is 10.9 Å². The van der Waals surface area contributed by atoms with Gasteiger partial charge in [-0.1, -0.05) is 12.1 Å². The molecule has 0 fully saturated rings. The van der Waals surface area contributed by atoms with Gasteiger partial charge in [0.25, 0.3) is 0 Å². The highest BCUT2D eigenvalue weighted by molar-refractivity contribution is 5.82. The number of para-hydroxylation sites is 1. The van der Waals surface area contributed by atoms with Gasteiger partial charge in [-0.05, 0) is 25.5 Å². The Morgan fingerprint density at radius 1 is 1.09 bits per heavy atom. The molecular formula is C18H26N2O3. The third-order valence-corrected chi connectivity index (χ3v) is 4.16. The Morgan fingerprint density at radius 3 is 2.35 bits per heavy atom. The van der Waals surface area contributed by atoms with Gasteiger partial charge in [0.2, 0.25) is 0 Å². The van der Waals surface area contributed by atoms with E-state index in [1.54, 1.807) is 14.2 Å². The number of methoxy groups -OCH3 is 2. The summed E-state index contributed by atoms with van der Waals surface area (Å²) in [6, 6.07) is 5.83. The second kappa shape index (κ2) is 8.24. The Hall–Kier alpha value is -1.69. The van der Waals surface area contributed by atoms with Gasteiger partial charge in [-0.2, -0.15) is 0 Å². The van der Waals surface area contributed by atoms with E-state index in [-0.39, 0.29) is 5.43 Å². The van der Waals surface area contributed by atoms with Crippen molar-refractivity contribution in [1.82, 2.24) is 9.88 Å². The molecule has 0 bridgehead atoms. The predicted octanol–water partition coefficient (Wildman–Crippen LogP) is 2.24. The van der Waals surface area contributed by atoms with Crippen molar-refractivity contribution < 1.29 is 9.47 Å².